The van der Waals surface area contributed by atoms with Crippen LogP contribution < -0.4 is 5.46 Å². The summed E-state index contributed by atoms with van der Waals surface area (Å²) in [6.45, 7) is 17.8. The predicted molar refractivity (Wildman–Crippen MR) is 430 cm³/mol. The fourth-order valence-electron chi connectivity index (χ4n) is 16.2. The second-order valence-electron chi connectivity index (χ2n) is 29.5. The summed E-state index contributed by atoms with van der Waals surface area (Å²) in [4.78, 5) is 0. The largest absolute Gasteiger partial charge is 0.494 e. The van der Waals surface area contributed by atoms with Crippen molar-refractivity contribution < 1.29 is 9.31 Å². The molecular formula is C96H76BBrO2. The normalized spacial score (nSPS) is 14.9. The second-order valence-corrected chi connectivity index (χ2v) is 30.4. The molecule has 1 aliphatic heterocycles. The van der Waals surface area contributed by atoms with E-state index in [1.165, 1.54) is 165 Å². The van der Waals surface area contributed by atoms with E-state index in [-0.39, 0.29) is 29.2 Å². The predicted octanol–water partition coefficient (Wildman–Crippen LogP) is 26.0. The van der Waals surface area contributed by atoms with E-state index >= 15 is 0 Å². The summed E-state index contributed by atoms with van der Waals surface area (Å²) >= 11 is 3.68. The lowest BCUT2D eigenvalue weighted by Gasteiger charge is -2.32. The van der Waals surface area contributed by atoms with Crippen LogP contribution in [0.15, 0.2) is 320 Å². The molecule has 0 radical (unpaired) electrons. The maximum Gasteiger partial charge on any atom is 0.494 e. The zero-order valence-electron chi connectivity index (χ0n) is 57.8. The van der Waals surface area contributed by atoms with Gasteiger partial charge in [0.05, 0.1) is 11.2 Å². The maximum atomic E-state index is 6.21. The van der Waals surface area contributed by atoms with Gasteiger partial charge >= 0.3 is 7.12 Å². The first-order chi connectivity index (χ1) is 48.5. The van der Waals surface area contributed by atoms with Gasteiger partial charge in [0, 0.05) is 15.3 Å². The first-order valence-electron chi connectivity index (χ1n) is 35.1. The first kappa shape index (κ1) is 63.0. The van der Waals surface area contributed by atoms with Gasteiger partial charge in [-0.1, -0.05) is 298 Å². The maximum absolute atomic E-state index is 6.21. The number of hydrogen-bond acceptors (Lipinski definition) is 2. The lowest BCUT2D eigenvalue weighted by Crippen LogP contribution is -2.41. The molecule has 2 aliphatic carbocycles. The van der Waals surface area contributed by atoms with Crippen molar-refractivity contribution >= 4 is 93.1 Å². The number of benzene rings is 16. The summed E-state index contributed by atoms with van der Waals surface area (Å²) in [6.07, 6.45) is 0. The number of hydrogen-bond donors (Lipinski definition) is 0. The van der Waals surface area contributed by atoms with Gasteiger partial charge in [0.1, 0.15) is 0 Å². The van der Waals surface area contributed by atoms with Crippen LogP contribution in [0, 0.1) is 0 Å². The van der Waals surface area contributed by atoms with Crippen LogP contribution >= 0.6 is 15.9 Å². The van der Waals surface area contributed by atoms with Crippen LogP contribution in [0.4, 0.5) is 0 Å². The molecule has 1 saturated heterocycles. The average molecular weight is 1350 g/mol. The highest BCUT2D eigenvalue weighted by Crippen LogP contribution is 2.54. The Morgan fingerprint density at radius 3 is 0.890 bits per heavy atom. The van der Waals surface area contributed by atoms with E-state index in [4.69, 9.17) is 9.31 Å². The van der Waals surface area contributed by atoms with Gasteiger partial charge in [-0.3, -0.25) is 0 Å². The summed E-state index contributed by atoms with van der Waals surface area (Å²) in [5.41, 5.74) is 23.6. The molecule has 4 heteroatoms. The van der Waals surface area contributed by atoms with Crippen LogP contribution in [-0.4, -0.2) is 18.3 Å². The Morgan fingerprint density at radius 2 is 0.500 bits per heavy atom. The Bertz CT molecular complexity index is 5930. The fourth-order valence-corrected chi connectivity index (χ4v) is 16.5. The Morgan fingerprint density at radius 1 is 0.220 bits per heavy atom. The molecule has 0 atom stereocenters. The highest BCUT2D eigenvalue weighted by molar-refractivity contribution is 9.10. The van der Waals surface area contributed by atoms with Crippen molar-refractivity contribution in [1.82, 2.24) is 0 Å². The smallest absolute Gasteiger partial charge is 0.399 e. The monoisotopic (exact) mass is 1350 g/mol. The average Bonchev–Trinajstić information content (AvgIpc) is 1.55. The molecule has 1 fully saturated rings. The molecular weight excluding hydrogens is 1280 g/mol. The minimum atomic E-state index is -0.341. The molecule has 0 unspecified atom stereocenters. The fraction of sp³-hybridized carbons (Fsp3) is 0.125. The number of fused-ring (bicyclic) bond motifs is 18. The molecule has 16 aromatic carbocycles. The van der Waals surface area contributed by atoms with Crippen LogP contribution in [0.1, 0.15) is 77.6 Å². The van der Waals surface area contributed by atoms with Crippen molar-refractivity contribution in [2.75, 3.05) is 0 Å². The topological polar surface area (TPSA) is 18.5 Å². The van der Waals surface area contributed by atoms with Gasteiger partial charge in [0.15, 0.2) is 0 Å². The third-order valence-corrected chi connectivity index (χ3v) is 22.7. The molecule has 16 aromatic rings. The molecule has 482 valence electrons. The van der Waals surface area contributed by atoms with E-state index in [2.05, 4.69) is 381 Å². The van der Waals surface area contributed by atoms with E-state index in [9.17, 15) is 0 Å². The van der Waals surface area contributed by atoms with Crippen LogP contribution in [0.3, 0.4) is 0 Å². The van der Waals surface area contributed by atoms with Crippen LogP contribution in [0.2, 0.25) is 0 Å². The van der Waals surface area contributed by atoms with Gasteiger partial charge in [0.2, 0.25) is 0 Å². The summed E-state index contributed by atoms with van der Waals surface area (Å²) in [6, 6.07) is 115. The lowest BCUT2D eigenvalue weighted by molar-refractivity contribution is 0.00578. The van der Waals surface area contributed by atoms with Gasteiger partial charge in [-0.2, -0.15) is 0 Å². The number of rotatable bonds is 6. The summed E-state index contributed by atoms with van der Waals surface area (Å²) in [7, 11) is -0.341. The summed E-state index contributed by atoms with van der Waals surface area (Å²) < 4.78 is 13.6. The molecule has 0 bridgehead atoms. The molecule has 0 aromatic heterocycles. The summed E-state index contributed by atoms with van der Waals surface area (Å²) in [5, 5.41) is 16.0. The minimum Gasteiger partial charge on any atom is -0.399 e. The van der Waals surface area contributed by atoms with Crippen molar-refractivity contribution in [3.8, 4) is 77.9 Å². The molecule has 19 rings (SSSR count). The Balaban J connectivity index is 0.000000118. The Hall–Kier alpha value is -10.5. The molecule has 0 amide bonds. The molecule has 2 nitrogen and oxygen atoms in total. The van der Waals surface area contributed by atoms with E-state index in [0.29, 0.717) is 0 Å². The van der Waals surface area contributed by atoms with Crippen molar-refractivity contribution in [2.24, 2.45) is 0 Å². The molecule has 0 N–H and O–H groups in total. The third-order valence-electron chi connectivity index (χ3n) is 22.3. The van der Waals surface area contributed by atoms with Crippen molar-refractivity contribution in [1.29, 1.82) is 0 Å². The van der Waals surface area contributed by atoms with Gasteiger partial charge in [0.25, 0.3) is 0 Å². The molecule has 0 saturated carbocycles. The van der Waals surface area contributed by atoms with Crippen molar-refractivity contribution in [2.45, 2.75) is 77.4 Å². The molecule has 3 aliphatic rings. The van der Waals surface area contributed by atoms with E-state index < -0.39 is 0 Å². The molecule has 0 spiro atoms. The highest BCUT2D eigenvalue weighted by atomic mass is 79.9. The van der Waals surface area contributed by atoms with E-state index in [1.54, 1.807) is 0 Å². The first-order valence-corrected chi connectivity index (χ1v) is 35.9. The highest BCUT2D eigenvalue weighted by Gasteiger charge is 2.52. The number of halogens is 1. The van der Waals surface area contributed by atoms with Gasteiger partial charge in [-0.05, 0) is 259 Å². The van der Waals surface area contributed by atoms with Crippen molar-refractivity contribution in [3.05, 3.63) is 342 Å². The standard InChI is InChI=1S/C45H32.C27H19Br.C24H25BO2/c1-45(2)43-23-22-34(33-17-11-16-32(25-33)31-15-10-14-30(24-31)29-12-4-3-5-13-29)26-41(43)42-27-39-37-20-8-6-18-35(37)36-19-7-9-21-38(36)40(39)28-44(42)45;1-27(2)25-12-11-16(28)13-23(25)24-14-21-19-9-5-3-7-17(19)18-8-4-6-10-20(18)22(21)15-26(24)27;1-23(2)24(3,4)27-25(26-23)22-15-9-14-21(17-22)20-13-8-12-19(16-20)18-10-6-5-7-11-18/h3-28H,1-2H3;3-15H,1-2H3;5-17H,1-4H3. The Kier molecular flexibility index (Phi) is 15.4. The minimum absolute atomic E-state index is 0.00626. The SMILES string of the molecule is CC1(C)OB(c2cccc(-c3cccc(-c4ccccc4)c3)c2)OC1(C)C.CC1(C)c2ccc(-c3cccc(-c4cccc(-c5ccccc5)c4)c3)cc2-c2cc3c4ccccc4c4ccccc4c3cc21.CC1(C)c2ccc(Br)cc2-c2cc3c4ccccc4c4ccccc4c3cc21. The lowest BCUT2D eigenvalue weighted by atomic mass is 9.78. The van der Waals surface area contributed by atoms with Crippen LogP contribution in [0.5, 0.6) is 0 Å². The second kappa shape index (κ2) is 24.5. The quantitative estimate of drug-likeness (QED) is 0.122. The molecule has 100 heavy (non-hydrogen) atoms. The van der Waals surface area contributed by atoms with Crippen molar-refractivity contribution in [3.63, 3.8) is 0 Å². The zero-order valence-corrected chi connectivity index (χ0v) is 59.4. The van der Waals surface area contributed by atoms with Crippen LogP contribution in [-0.2, 0) is 20.1 Å². The van der Waals surface area contributed by atoms with Crippen LogP contribution in [0.25, 0.3) is 143 Å². The van der Waals surface area contributed by atoms with Gasteiger partial charge in [-0.15, -0.1) is 0 Å². The van der Waals surface area contributed by atoms with E-state index in [1.807, 2.05) is 6.07 Å². The van der Waals surface area contributed by atoms with E-state index in [0.717, 1.165) is 9.94 Å². The van der Waals surface area contributed by atoms with Gasteiger partial charge < -0.3 is 9.31 Å². The summed E-state index contributed by atoms with van der Waals surface area (Å²) in [5.74, 6) is 0. The zero-order chi connectivity index (χ0) is 68.2. The third kappa shape index (κ3) is 10.8. The molecule has 1 heterocycles. The van der Waals surface area contributed by atoms with Gasteiger partial charge in [-0.25, -0.2) is 0 Å². The Labute approximate surface area is 595 Å².